The molecule has 3 heterocycles. The van der Waals surface area contributed by atoms with Gasteiger partial charge in [0.2, 0.25) is 0 Å². The number of aryl methyl sites for hydroxylation is 3. The highest BCUT2D eigenvalue weighted by Crippen LogP contribution is 2.43. The Balaban J connectivity index is 1.34. The van der Waals surface area contributed by atoms with Crippen LogP contribution in [0, 0.1) is 13.8 Å². The monoisotopic (exact) mass is 694 g/mol. The quantitative estimate of drug-likeness (QED) is 0.163. The standard InChI is InChI=1S/C48H43N4O/c1-28(2)35-16-13-17-36(29(3)4)44(35)52-41-19-12-11-18-40(41)51(7)48(52)42-30(5)20-25-38-39-27-26-37-31(6)49-47(50-43(37)46(39)53-45(38)42)34-23-21-33(22-24-34)32-14-9-8-10-15-32/h8-29H,1-7H3/q+1/i6D3. The smallest absolute Gasteiger partial charge is 0.299 e. The fourth-order valence-electron chi connectivity index (χ4n) is 8.03. The first-order valence-corrected chi connectivity index (χ1v) is 18.4. The largest absolute Gasteiger partial charge is 0.453 e. The van der Waals surface area contributed by atoms with E-state index in [1.54, 1.807) is 0 Å². The number of hydrogen-bond acceptors (Lipinski definition) is 3. The lowest BCUT2D eigenvalue weighted by Gasteiger charge is -2.18. The highest BCUT2D eigenvalue weighted by atomic mass is 16.3. The molecule has 0 spiro atoms. The van der Waals surface area contributed by atoms with Gasteiger partial charge in [-0.1, -0.05) is 131 Å². The van der Waals surface area contributed by atoms with Gasteiger partial charge in [-0.25, -0.2) is 14.5 Å². The predicted octanol–water partition coefficient (Wildman–Crippen LogP) is 12.2. The maximum Gasteiger partial charge on any atom is 0.299 e. The van der Waals surface area contributed by atoms with Gasteiger partial charge in [0.25, 0.3) is 5.82 Å². The van der Waals surface area contributed by atoms with Crippen molar-refractivity contribution in [3.05, 3.63) is 144 Å². The zero-order valence-corrected chi connectivity index (χ0v) is 30.9. The molecule has 0 aliphatic carbocycles. The normalized spacial score (nSPS) is 13.1. The van der Waals surface area contributed by atoms with Gasteiger partial charge in [-0.3, -0.25) is 0 Å². The van der Waals surface area contributed by atoms with E-state index < -0.39 is 6.85 Å². The maximum atomic E-state index is 8.53. The summed E-state index contributed by atoms with van der Waals surface area (Å²) < 4.78 is 37.4. The Morgan fingerprint density at radius 3 is 1.98 bits per heavy atom. The molecule has 5 heteroatoms. The average molecular weight is 695 g/mol. The molecule has 5 nitrogen and oxygen atoms in total. The van der Waals surface area contributed by atoms with Crippen molar-refractivity contribution >= 4 is 43.9 Å². The molecule has 0 saturated carbocycles. The number of furan rings is 1. The molecule has 6 aromatic carbocycles. The van der Waals surface area contributed by atoms with E-state index in [1.807, 2.05) is 54.6 Å². The van der Waals surface area contributed by atoms with Gasteiger partial charge < -0.3 is 4.42 Å². The first kappa shape index (κ1) is 29.5. The second kappa shape index (κ2) is 12.6. The molecule has 0 atom stereocenters. The van der Waals surface area contributed by atoms with E-state index in [2.05, 4.69) is 123 Å². The molecular weight excluding hydrogens is 649 g/mol. The van der Waals surface area contributed by atoms with Crippen LogP contribution in [-0.4, -0.2) is 14.5 Å². The van der Waals surface area contributed by atoms with Gasteiger partial charge in [-0.15, -0.1) is 0 Å². The second-order valence-electron chi connectivity index (χ2n) is 14.7. The number of rotatable bonds is 6. The zero-order chi connectivity index (χ0) is 39.0. The second-order valence-corrected chi connectivity index (χ2v) is 14.7. The van der Waals surface area contributed by atoms with E-state index in [4.69, 9.17) is 13.5 Å². The number of fused-ring (bicyclic) bond motifs is 6. The van der Waals surface area contributed by atoms with Crippen molar-refractivity contribution in [2.75, 3.05) is 0 Å². The van der Waals surface area contributed by atoms with Crippen LogP contribution in [0.5, 0.6) is 0 Å². The lowest BCUT2D eigenvalue weighted by Crippen LogP contribution is -2.30. The minimum absolute atomic E-state index is 0.00132. The molecule has 0 unspecified atom stereocenters. The Hall–Kier alpha value is -6.07. The minimum Gasteiger partial charge on any atom is -0.453 e. The number of hydrogen-bond donors (Lipinski definition) is 0. The number of imidazole rings is 1. The molecule has 0 fully saturated rings. The Morgan fingerprint density at radius 2 is 1.26 bits per heavy atom. The molecule has 0 radical (unpaired) electrons. The van der Waals surface area contributed by atoms with Crippen molar-refractivity contribution < 1.29 is 13.1 Å². The van der Waals surface area contributed by atoms with Crippen molar-refractivity contribution in [2.45, 2.75) is 53.3 Å². The zero-order valence-electron chi connectivity index (χ0n) is 33.9. The molecule has 9 rings (SSSR count). The summed E-state index contributed by atoms with van der Waals surface area (Å²) in [5.74, 6) is 1.91. The van der Waals surface area contributed by atoms with Gasteiger partial charge in [0.15, 0.2) is 28.0 Å². The first-order chi connectivity index (χ1) is 26.9. The molecular formula is C48H43N4O+. The molecule has 3 aromatic heterocycles. The third-order valence-electron chi connectivity index (χ3n) is 10.7. The summed E-state index contributed by atoms with van der Waals surface area (Å²) in [5.41, 5.74) is 12.6. The Morgan fingerprint density at radius 1 is 0.642 bits per heavy atom. The van der Waals surface area contributed by atoms with Crippen LogP contribution in [0.3, 0.4) is 0 Å². The van der Waals surface area contributed by atoms with E-state index in [9.17, 15) is 0 Å². The van der Waals surface area contributed by atoms with E-state index in [1.165, 1.54) is 16.8 Å². The Kier molecular flexibility index (Phi) is 6.99. The summed E-state index contributed by atoms with van der Waals surface area (Å²) in [4.78, 5) is 9.77. The molecule has 53 heavy (non-hydrogen) atoms. The number of nitrogens with zero attached hydrogens (tertiary/aromatic N) is 4. The molecule has 260 valence electrons. The van der Waals surface area contributed by atoms with Crippen molar-refractivity contribution in [2.24, 2.45) is 7.05 Å². The van der Waals surface area contributed by atoms with Crippen LogP contribution in [0.4, 0.5) is 0 Å². The van der Waals surface area contributed by atoms with E-state index in [-0.39, 0.29) is 17.5 Å². The lowest BCUT2D eigenvalue weighted by molar-refractivity contribution is -0.633. The fraction of sp³-hybridized carbons (Fsp3) is 0.188. The summed E-state index contributed by atoms with van der Waals surface area (Å²) in [7, 11) is 2.13. The average Bonchev–Trinajstić information content (AvgIpc) is 3.72. The first-order valence-electron chi connectivity index (χ1n) is 19.9. The molecule has 9 aromatic rings. The Bertz CT molecular complexity index is 2950. The van der Waals surface area contributed by atoms with Crippen LogP contribution in [0.2, 0.25) is 0 Å². The van der Waals surface area contributed by atoms with Gasteiger partial charge >= 0.3 is 0 Å². The summed E-state index contributed by atoms with van der Waals surface area (Å²) in [5, 5.41) is 2.25. The van der Waals surface area contributed by atoms with E-state index in [0.29, 0.717) is 22.3 Å². The molecule has 0 N–H and O–H groups in total. The molecule has 0 aliphatic rings. The van der Waals surface area contributed by atoms with Gasteiger partial charge in [0, 0.05) is 42.7 Å². The van der Waals surface area contributed by atoms with Crippen LogP contribution in [-0.2, 0) is 7.05 Å². The summed E-state index contributed by atoms with van der Waals surface area (Å²) in [6.07, 6.45) is 0. The van der Waals surface area contributed by atoms with Crippen molar-refractivity contribution in [3.8, 4) is 39.6 Å². The van der Waals surface area contributed by atoms with Crippen LogP contribution < -0.4 is 4.57 Å². The third-order valence-corrected chi connectivity index (χ3v) is 10.7. The van der Waals surface area contributed by atoms with Crippen LogP contribution in [0.25, 0.3) is 83.5 Å². The predicted molar refractivity (Wildman–Crippen MR) is 219 cm³/mol. The highest BCUT2D eigenvalue weighted by molar-refractivity contribution is 6.16. The number of benzene rings is 6. The number of aromatic nitrogens is 4. The third kappa shape index (κ3) is 5.17. The summed E-state index contributed by atoms with van der Waals surface area (Å²) in [6.45, 7) is 8.68. The van der Waals surface area contributed by atoms with Crippen LogP contribution in [0.1, 0.15) is 66.0 Å². The minimum atomic E-state index is -2.48. The van der Waals surface area contributed by atoms with Crippen molar-refractivity contribution in [1.29, 1.82) is 0 Å². The molecule has 0 bridgehead atoms. The van der Waals surface area contributed by atoms with Gasteiger partial charge in [-0.2, -0.15) is 4.57 Å². The topological polar surface area (TPSA) is 47.7 Å². The molecule has 0 saturated heterocycles. The van der Waals surface area contributed by atoms with Crippen molar-refractivity contribution in [3.63, 3.8) is 0 Å². The van der Waals surface area contributed by atoms with Crippen LogP contribution in [0.15, 0.2) is 126 Å². The Labute approximate surface area is 314 Å². The van der Waals surface area contributed by atoms with Crippen LogP contribution >= 0.6 is 0 Å². The highest BCUT2D eigenvalue weighted by Gasteiger charge is 2.33. The van der Waals surface area contributed by atoms with E-state index in [0.717, 1.165) is 61.0 Å². The SMILES string of the molecule is [2H]C([2H])([2H])c1nc(-c2ccc(-c3ccccc3)cc2)nc2c1ccc1c3ccc(C)c(-c4n(-c5c(C(C)C)cccc5C(C)C)c5ccccc5[n+]4C)c3oc12. The van der Waals surface area contributed by atoms with Crippen molar-refractivity contribution in [1.82, 2.24) is 14.5 Å². The summed E-state index contributed by atoms with van der Waals surface area (Å²) >= 11 is 0. The van der Waals surface area contributed by atoms with Gasteiger partial charge in [-0.05, 0) is 60.5 Å². The van der Waals surface area contributed by atoms with E-state index >= 15 is 0 Å². The molecule has 0 amide bonds. The summed E-state index contributed by atoms with van der Waals surface area (Å²) in [6, 6.07) is 41.4. The fourth-order valence-corrected chi connectivity index (χ4v) is 8.03. The molecule has 0 aliphatic heterocycles. The number of para-hydroxylation sites is 3. The lowest BCUT2D eigenvalue weighted by atomic mass is 9.92. The maximum absolute atomic E-state index is 8.53. The van der Waals surface area contributed by atoms with Gasteiger partial charge in [0.05, 0.1) is 7.05 Å². The van der Waals surface area contributed by atoms with Gasteiger partial charge in [0.1, 0.15) is 16.8 Å².